The van der Waals surface area contributed by atoms with Crippen LogP contribution in [0.1, 0.15) is 40.5 Å². The van der Waals surface area contributed by atoms with E-state index in [1.165, 1.54) is 6.79 Å². The molecule has 2 heteroatoms. The normalized spacial score (nSPS) is 11.5. The molecule has 0 unspecified atom stereocenters. The van der Waals surface area contributed by atoms with Gasteiger partial charge in [-0.05, 0) is 24.7 Å². The second-order valence-corrected chi connectivity index (χ2v) is 4.20. The molecule has 13 heavy (non-hydrogen) atoms. The summed E-state index contributed by atoms with van der Waals surface area (Å²) in [6, 6.07) is 0. The molecule has 0 aromatic rings. The molecule has 0 aliphatic carbocycles. The molecule has 0 saturated heterocycles. The van der Waals surface area contributed by atoms with E-state index in [4.69, 9.17) is 9.47 Å². The fraction of sp³-hybridized carbons (Fsp3) is 0.909. The van der Waals surface area contributed by atoms with Crippen molar-refractivity contribution in [1.82, 2.24) is 0 Å². The standard InChI is InChI=1S/C11H23O2/c1-10(2)5-7-12-9-13-8-6-11(3)4/h9-11H,5-8H2,1-4H3. The molecule has 0 spiro atoms. The molecule has 0 aliphatic heterocycles. The minimum atomic E-state index is 0.698. The minimum absolute atomic E-state index is 0.698. The quantitative estimate of drug-likeness (QED) is 0.543. The molecular weight excluding hydrogens is 164 g/mol. The summed E-state index contributed by atoms with van der Waals surface area (Å²) in [7, 11) is 0. The topological polar surface area (TPSA) is 18.5 Å². The van der Waals surface area contributed by atoms with Gasteiger partial charge in [-0.1, -0.05) is 27.7 Å². The molecule has 0 aliphatic rings. The Bertz CT molecular complexity index is 88.3. The molecule has 1 radical (unpaired) electrons. The first-order valence-electron chi connectivity index (χ1n) is 5.17. The average molecular weight is 187 g/mol. The van der Waals surface area contributed by atoms with E-state index < -0.39 is 0 Å². The molecule has 79 valence electrons. The molecule has 0 aromatic heterocycles. The zero-order valence-electron chi connectivity index (χ0n) is 9.38. The van der Waals surface area contributed by atoms with Gasteiger partial charge in [-0.15, -0.1) is 0 Å². The first-order chi connectivity index (χ1) is 6.13. The van der Waals surface area contributed by atoms with Crippen molar-refractivity contribution in [2.75, 3.05) is 13.2 Å². The third-order valence-electron chi connectivity index (χ3n) is 1.76. The maximum atomic E-state index is 5.18. The highest BCUT2D eigenvalue weighted by atomic mass is 16.7. The fourth-order valence-electron chi connectivity index (χ4n) is 0.752. The molecule has 0 heterocycles. The predicted molar refractivity (Wildman–Crippen MR) is 55.1 cm³/mol. The molecule has 0 aromatic carbocycles. The van der Waals surface area contributed by atoms with Crippen molar-refractivity contribution in [3.63, 3.8) is 0 Å². The van der Waals surface area contributed by atoms with Gasteiger partial charge in [0.15, 0.2) is 0 Å². The molecule has 2 nitrogen and oxygen atoms in total. The van der Waals surface area contributed by atoms with Crippen molar-refractivity contribution in [3.05, 3.63) is 6.79 Å². The van der Waals surface area contributed by atoms with Gasteiger partial charge >= 0.3 is 0 Å². The van der Waals surface area contributed by atoms with Crippen molar-refractivity contribution < 1.29 is 9.47 Å². The Morgan fingerprint density at radius 1 is 0.846 bits per heavy atom. The van der Waals surface area contributed by atoms with E-state index in [-0.39, 0.29) is 0 Å². The summed E-state index contributed by atoms with van der Waals surface area (Å²) in [6.45, 7) is 11.7. The zero-order chi connectivity index (χ0) is 10.1. The van der Waals surface area contributed by atoms with Crippen LogP contribution in [0.5, 0.6) is 0 Å². The van der Waals surface area contributed by atoms with Crippen LogP contribution in [0.2, 0.25) is 0 Å². The maximum absolute atomic E-state index is 5.18. The third-order valence-corrected chi connectivity index (χ3v) is 1.76. The lowest BCUT2D eigenvalue weighted by molar-refractivity contribution is 0.0136. The minimum Gasteiger partial charge on any atom is -0.348 e. The number of hydrogen-bond acceptors (Lipinski definition) is 2. The molecule has 0 bridgehead atoms. The van der Waals surface area contributed by atoms with Crippen LogP contribution in [0.3, 0.4) is 0 Å². The highest BCUT2D eigenvalue weighted by Crippen LogP contribution is 2.02. The summed E-state index contributed by atoms with van der Waals surface area (Å²) in [6.07, 6.45) is 2.17. The van der Waals surface area contributed by atoms with Gasteiger partial charge in [-0.3, -0.25) is 0 Å². The highest BCUT2D eigenvalue weighted by molar-refractivity contribution is 4.45. The predicted octanol–water partition coefficient (Wildman–Crippen LogP) is 3.23. The zero-order valence-corrected chi connectivity index (χ0v) is 9.38. The summed E-state index contributed by atoms with van der Waals surface area (Å²) >= 11 is 0. The van der Waals surface area contributed by atoms with E-state index in [1.54, 1.807) is 0 Å². The van der Waals surface area contributed by atoms with Crippen LogP contribution < -0.4 is 0 Å². The Labute approximate surface area is 82.6 Å². The first kappa shape index (κ1) is 12.9. The van der Waals surface area contributed by atoms with Gasteiger partial charge in [0.25, 0.3) is 0 Å². The summed E-state index contributed by atoms with van der Waals surface area (Å²) in [4.78, 5) is 0. The number of rotatable bonds is 8. The van der Waals surface area contributed by atoms with Crippen molar-refractivity contribution >= 4 is 0 Å². The van der Waals surface area contributed by atoms with Crippen molar-refractivity contribution in [2.24, 2.45) is 11.8 Å². The Hall–Kier alpha value is -0.0800. The molecule has 0 saturated carbocycles. The molecular formula is C11H23O2. The number of hydrogen-bond donors (Lipinski definition) is 0. The van der Waals surface area contributed by atoms with Gasteiger partial charge in [0.1, 0.15) is 0 Å². The lowest BCUT2D eigenvalue weighted by Gasteiger charge is -2.07. The van der Waals surface area contributed by atoms with Crippen LogP contribution >= 0.6 is 0 Å². The summed E-state index contributed by atoms with van der Waals surface area (Å²) in [5.41, 5.74) is 0. The monoisotopic (exact) mass is 187 g/mol. The van der Waals surface area contributed by atoms with Gasteiger partial charge in [0.2, 0.25) is 6.79 Å². The molecule has 0 fully saturated rings. The van der Waals surface area contributed by atoms with Crippen LogP contribution in [0.25, 0.3) is 0 Å². The van der Waals surface area contributed by atoms with Gasteiger partial charge in [0, 0.05) is 0 Å². The SMILES string of the molecule is CC(C)CCO[CH]OCCC(C)C. The van der Waals surface area contributed by atoms with Gasteiger partial charge < -0.3 is 9.47 Å². The van der Waals surface area contributed by atoms with E-state index in [2.05, 4.69) is 27.7 Å². The first-order valence-corrected chi connectivity index (χ1v) is 5.17. The largest absolute Gasteiger partial charge is 0.348 e. The van der Waals surface area contributed by atoms with Gasteiger partial charge in [-0.25, -0.2) is 0 Å². The Kier molecular flexibility index (Phi) is 8.46. The van der Waals surface area contributed by atoms with Crippen LogP contribution in [0, 0.1) is 18.6 Å². The van der Waals surface area contributed by atoms with E-state index in [0.717, 1.165) is 26.1 Å². The lowest BCUT2D eigenvalue weighted by Crippen LogP contribution is -2.01. The molecule has 0 amide bonds. The lowest BCUT2D eigenvalue weighted by atomic mass is 10.1. The second-order valence-electron chi connectivity index (χ2n) is 4.20. The van der Waals surface area contributed by atoms with Crippen LogP contribution in [-0.2, 0) is 9.47 Å². The fourth-order valence-corrected chi connectivity index (χ4v) is 0.752. The average Bonchev–Trinajstić information content (AvgIpc) is 2.01. The second kappa shape index (κ2) is 8.52. The Morgan fingerprint density at radius 3 is 1.54 bits per heavy atom. The van der Waals surface area contributed by atoms with E-state index in [9.17, 15) is 0 Å². The van der Waals surface area contributed by atoms with Crippen molar-refractivity contribution in [1.29, 1.82) is 0 Å². The Balaban J connectivity index is 2.92. The Morgan fingerprint density at radius 2 is 1.23 bits per heavy atom. The van der Waals surface area contributed by atoms with E-state index >= 15 is 0 Å². The highest BCUT2D eigenvalue weighted by Gasteiger charge is 1.96. The summed E-state index contributed by atoms with van der Waals surface area (Å²) in [5, 5.41) is 0. The van der Waals surface area contributed by atoms with Crippen LogP contribution in [0.15, 0.2) is 0 Å². The smallest absolute Gasteiger partial charge is 0.209 e. The summed E-state index contributed by atoms with van der Waals surface area (Å²) in [5.74, 6) is 1.40. The summed E-state index contributed by atoms with van der Waals surface area (Å²) < 4.78 is 10.4. The third kappa shape index (κ3) is 11.9. The molecule has 0 N–H and O–H groups in total. The van der Waals surface area contributed by atoms with Gasteiger partial charge in [-0.2, -0.15) is 0 Å². The maximum Gasteiger partial charge on any atom is 0.209 e. The van der Waals surface area contributed by atoms with Crippen molar-refractivity contribution in [3.8, 4) is 0 Å². The molecule has 0 rings (SSSR count). The molecule has 0 atom stereocenters. The number of ether oxygens (including phenoxy) is 2. The van der Waals surface area contributed by atoms with E-state index in [0.29, 0.717) is 11.8 Å². The van der Waals surface area contributed by atoms with Crippen molar-refractivity contribution in [2.45, 2.75) is 40.5 Å². The van der Waals surface area contributed by atoms with Crippen LogP contribution in [-0.4, -0.2) is 13.2 Å². The van der Waals surface area contributed by atoms with E-state index in [1.807, 2.05) is 0 Å². The van der Waals surface area contributed by atoms with Gasteiger partial charge in [0.05, 0.1) is 13.2 Å². The van der Waals surface area contributed by atoms with Crippen LogP contribution in [0.4, 0.5) is 0 Å².